The van der Waals surface area contributed by atoms with Crippen molar-refractivity contribution in [1.29, 1.82) is 0 Å². The van der Waals surface area contributed by atoms with Gasteiger partial charge in [-0.2, -0.15) is 4.98 Å². The molecule has 0 unspecified atom stereocenters. The van der Waals surface area contributed by atoms with Crippen molar-refractivity contribution in [2.75, 3.05) is 6.61 Å². The van der Waals surface area contributed by atoms with E-state index >= 15 is 0 Å². The molecule has 6 nitrogen and oxygen atoms in total. The predicted molar refractivity (Wildman–Crippen MR) is 109 cm³/mol. The summed E-state index contributed by atoms with van der Waals surface area (Å²) in [6, 6.07) is 10.4. The van der Waals surface area contributed by atoms with Gasteiger partial charge in [0.25, 0.3) is 0 Å². The van der Waals surface area contributed by atoms with E-state index in [0.29, 0.717) is 17.5 Å². The number of nitrogens with zero attached hydrogens (tertiary/aromatic N) is 4. The monoisotopic (exact) mass is 398 g/mol. The summed E-state index contributed by atoms with van der Waals surface area (Å²) >= 11 is 1.63. The van der Waals surface area contributed by atoms with E-state index in [1.807, 2.05) is 12.3 Å². The number of thioether (sulfide) groups is 1. The third-order valence-electron chi connectivity index (χ3n) is 4.74. The Balaban J connectivity index is 1.55. The summed E-state index contributed by atoms with van der Waals surface area (Å²) in [7, 11) is 0. The lowest BCUT2D eigenvalue weighted by atomic mass is 9.97. The molecule has 0 N–H and O–H groups in total. The quantitative estimate of drug-likeness (QED) is 0.561. The number of aromatic nitrogens is 4. The molecule has 1 aromatic carbocycles. The standard InChI is InChI=1S/C21H26N4O2S/c1-21(2,3)19-23-18(24-27-19)14-28-20-22-12-17(15-8-5-4-6-9-15)25(20)13-16-10-7-11-26-16/h4-6,8-9,12,16H,7,10-11,13-14H2,1-3H3/t16-/m0/s1. The van der Waals surface area contributed by atoms with Gasteiger partial charge in [-0.3, -0.25) is 0 Å². The Bertz CT molecular complexity index is 908. The molecule has 1 saturated heterocycles. The van der Waals surface area contributed by atoms with Crippen molar-refractivity contribution < 1.29 is 9.26 Å². The molecular formula is C21H26N4O2S. The fraction of sp³-hybridized carbons (Fsp3) is 0.476. The van der Waals surface area contributed by atoms with E-state index in [4.69, 9.17) is 9.26 Å². The number of imidazole rings is 1. The van der Waals surface area contributed by atoms with Gasteiger partial charge in [0.2, 0.25) is 5.89 Å². The second-order valence-electron chi connectivity index (χ2n) is 8.09. The summed E-state index contributed by atoms with van der Waals surface area (Å²) in [5.41, 5.74) is 2.13. The van der Waals surface area contributed by atoms with Crippen molar-refractivity contribution in [1.82, 2.24) is 19.7 Å². The van der Waals surface area contributed by atoms with Crippen LogP contribution in [-0.2, 0) is 22.4 Å². The number of hydrogen-bond donors (Lipinski definition) is 0. The van der Waals surface area contributed by atoms with E-state index in [1.165, 1.54) is 0 Å². The predicted octanol–water partition coefficient (Wildman–Crippen LogP) is 4.70. The Morgan fingerprint density at radius 3 is 2.71 bits per heavy atom. The van der Waals surface area contributed by atoms with Crippen molar-refractivity contribution >= 4 is 11.8 Å². The molecular weight excluding hydrogens is 372 g/mol. The second kappa shape index (κ2) is 8.09. The van der Waals surface area contributed by atoms with Gasteiger partial charge in [0.15, 0.2) is 11.0 Å². The first-order valence-corrected chi connectivity index (χ1v) is 10.7. The normalized spacial score (nSPS) is 17.3. The highest BCUT2D eigenvalue weighted by molar-refractivity contribution is 7.98. The Hall–Kier alpha value is -2.12. The first kappa shape index (κ1) is 19.2. The molecule has 148 valence electrons. The minimum atomic E-state index is -0.144. The Labute approximate surface area is 169 Å². The van der Waals surface area contributed by atoms with Gasteiger partial charge in [-0.05, 0) is 18.4 Å². The molecule has 0 radical (unpaired) electrons. The molecule has 2 aromatic heterocycles. The van der Waals surface area contributed by atoms with E-state index in [-0.39, 0.29) is 11.5 Å². The first-order chi connectivity index (χ1) is 13.5. The third kappa shape index (κ3) is 4.31. The van der Waals surface area contributed by atoms with Crippen molar-refractivity contribution in [2.45, 2.75) is 62.6 Å². The summed E-state index contributed by atoms with van der Waals surface area (Å²) in [5, 5.41) is 5.08. The van der Waals surface area contributed by atoms with Gasteiger partial charge >= 0.3 is 0 Å². The molecule has 0 amide bonds. The maximum atomic E-state index is 5.88. The van der Waals surface area contributed by atoms with Gasteiger partial charge in [0.05, 0.1) is 30.3 Å². The zero-order valence-corrected chi connectivity index (χ0v) is 17.4. The highest BCUT2D eigenvalue weighted by atomic mass is 32.2. The van der Waals surface area contributed by atoms with Crippen LogP contribution in [0.25, 0.3) is 11.3 Å². The molecule has 1 fully saturated rings. The summed E-state index contributed by atoms with van der Waals surface area (Å²) in [5.74, 6) is 1.98. The summed E-state index contributed by atoms with van der Waals surface area (Å²) in [6.07, 6.45) is 4.41. The molecule has 1 aliphatic rings. The van der Waals surface area contributed by atoms with Crippen LogP contribution < -0.4 is 0 Å². The number of hydrogen-bond acceptors (Lipinski definition) is 6. The van der Waals surface area contributed by atoms with E-state index in [9.17, 15) is 0 Å². The first-order valence-electron chi connectivity index (χ1n) is 9.69. The SMILES string of the molecule is CC(C)(C)c1nc(CSc2ncc(-c3ccccc3)n2C[C@@H]2CCCO2)no1. The smallest absolute Gasteiger partial charge is 0.232 e. The van der Waals surface area contributed by atoms with Crippen molar-refractivity contribution in [2.24, 2.45) is 0 Å². The average molecular weight is 399 g/mol. The average Bonchev–Trinajstić information content (AvgIpc) is 3.42. The van der Waals surface area contributed by atoms with Gasteiger partial charge in [-0.1, -0.05) is 68.0 Å². The Kier molecular flexibility index (Phi) is 5.55. The Morgan fingerprint density at radius 1 is 1.21 bits per heavy atom. The van der Waals surface area contributed by atoms with Gasteiger partial charge in [-0.15, -0.1) is 0 Å². The number of rotatable bonds is 6. The lowest BCUT2D eigenvalue weighted by Crippen LogP contribution is -2.16. The van der Waals surface area contributed by atoms with Crippen LogP contribution in [0.4, 0.5) is 0 Å². The summed E-state index contributed by atoms with van der Waals surface area (Å²) < 4.78 is 13.6. The second-order valence-corrected chi connectivity index (χ2v) is 9.03. The highest BCUT2D eigenvalue weighted by Gasteiger charge is 2.23. The number of ether oxygens (including phenoxy) is 1. The van der Waals surface area contributed by atoms with Gasteiger partial charge < -0.3 is 13.8 Å². The van der Waals surface area contributed by atoms with Crippen LogP contribution in [0.15, 0.2) is 46.2 Å². The Morgan fingerprint density at radius 2 is 2.04 bits per heavy atom. The van der Waals surface area contributed by atoms with E-state index in [1.54, 1.807) is 11.8 Å². The lowest BCUT2D eigenvalue weighted by molar-refractivity contribution is 0.0954. The van der Waals surface area contributed by atoms with E-state index in [2.05, 4.69) is 64.7 Å². The zero-order valence-electron chi connectivity index (χ0n) is 16.6. The molecule has 0 aliphatic carbocycles. The molecule has 3 aromatic rings. The summed E-state index contributed by atoms with van der Waals surface area (Å²) in [6.45, 7) is 7.86. The molecule has 0 saturated carbocycles. The number of benzene rings is 1. The molecule has 0 bridgehead atoms. The maximum absolute atomic E-state index is 5.88. The lowest BCUT2D eigenvalue weighted by Gasteiger charge is -2.16. The maximum Gasteiger partial charge on any atom is 0.232 e. The van der Waals surface area contributed by atoms with Crippen LogP contribution in [0.1, 0.15) is 45.3 Å². The van der Waals surface area contributed by atoms with Gasteiger partial charge in [0, 0.05) is 12.0 Å². The third-order valence-corrected chi connectivity index (χ3v) is 5.73. The fourth-order valence-electron chi connectivity index (χ4n) is 3.23. The molecule has 0 spiro atoms. The molecule has 7 heteroatoms. The van der Waals surface area contributed by atoms with Crippen LogP contribution in [0.3, 0.4) is 0 Å². The van der Waals surface area contributed by atoms with Crippen LogP contribution in [0, 0.1) is 0 Å². The molecule has 3 heterocycles. The van der Waals surface area contributed by atoms with Crippen LogP contribution in [0.2, 0.25) is 0 Å². The zero-order chi connectivity index (χ0) is 19.6. The van der Waals surface area contributed by atoms with Gasteiger partial charge in [-0.25, -0.2) is 4.98 Å². The molecule has 1 atom stereocenters. The highest BCUT2D eigenvalue weighted by Crippen LogP contribution is 2.30. The van der Waals surface area contributed by atoms with Crippen molar-refractivity contribution in [3.05, 3.63) is 48.2 Å². The van der Waals surface area contributed by atoms with E-state index in [0.717, 1.165) is 42.4 Å². The fourth-order valence-corrected chi connectivity index (χ4v) is 4.06. The minimum absolute atomic E-state index is 0.144. The topological polar surface area (TPSA) is 66.0 Å². The van der Waals surface area contributed by atoms with Gasteiger partial charge in [0.1, 0.15) is 0 Å². The van der Waals surface area contributed by atoms with E-state index < -0.39 is 0 Å². The minimum Gasteiger partial charge on any atom is -0.376 e. The van der Waals surface area contributed by atoms with Crippen LogP contribution in [-0.4, -0.2) is 32.4 Å². The molecule has 1 aliphatic heterocycles. The largest absolute Gasteiger partial charge is 0.376 e. The van der Waals surface area contributed by atoms with Crippen molar-refractivity contribution in [3.8, 4) is 11.3 Å². The molecule has 4 rings (SSSR count). The van der Waals surface area contributed by atoms with Crippen LogP contribution >= 0.6 is 11.8 Å². The van der Waals surface area contributed by atoms with Crippen LogP contribution in [0.5, 0.6) is 0 Å². The summed E-state index contributed by atoms with van der Waals surface area (Å²) in [4.78, 5) is 9.22. The molecule has 28 heavy (non-hydrogen) atoms. The van der Waals surface area contributed by atoms with Crippen molar-refractivity contribution in [3.63, 3.8) is 0 Å².